The molecule has 0 unspecified atom stereocenters. The lowest BCUT2D eigenvalue weighted by Gasteiger charge is -1.79. The number of hydrogen-bond acceptors (Lipinski definition) is 1. The van der Waals surface area contributed by atoms with Crippen LogP contribution in [0.3, 0.4) is 0 Å². The van der Waals surface area contributed by atoms with Gasteiger partial charge < -0.3 is 5.11 Å². The van der Waals surface area contributed by atoms with Crippen molar-refractivity contribution in [1.82, 2.24) is 0 Å². The Bertz CT molecular complexity index is 48.3. The molecule has 0 heterocycles. The molecule has 0 aromatic carbocycles. The van der Waals surface area contributed by atoms with Crippen LogP contribution < -0.4 is 0 Å². The molecule has 0 aromatic rings. The first-order valence-corrected chi connectivity index (χ1v) is 2.67. The summed E-state index contributed by atoms with van der Waals surface area (Å²) >= 11 is 0. The molecule has 0 atom stereocenters. The molecule has 0 aliphatic rings. The van der Waals surface area contributed by atoms with Gasteiger partial charge >= 0.3 is 0 Å². The lowest BCUT2D eigenvalue weighted by atomic mass is 10.3. The normalized spacial score (nSPS) is 9.25. The Morgan fingerprint density at radius 3 is 2.38 bits per heavy atom. The van der Waals surface area contributed by atoms with E-state index in [4.69, 9.17) is 5.11 Å². The minimum atomic E-state index is 0. The molecule has 8 heavy (non-hydrogen) atoms. The number of allylic oxidation sites excluding steroid dienone is 1. The predicted molar refractivity (Wildman–Crippen MR) is 37.9 cm³/mol. The number of rotatable bonds is 3. The van der Waals surface area contributed by atoms with Crippen molar-refractivity contribution < 1.29 is 5.11 Å². The molecular weight excluding hydrogens is 100 g/mol. The minimum absolute atomic E-state index is 0. The quantitative estimate of drug-likeness (QED) is 0.559. The van der Waals surface area contributed by atoms with Crippen LogP contribution in [0, 0.1) is 0 Å². The first-order chi connectivity index (χ1) is 3.41. The summed E-state index contributed by atoms with van der Waals surface area (Å²) in [5.41, 5.74) is 0. The molecule has 1 heteroatoms. The maximum absolute atomic E-state index is 8.24. The SMILES string of the molecule is C.CC/C=C\CCO. The summed E-state index contributed by atoms with van der Waals surface area (Å²) < 4.78 is 0. The highest BCUT2D eigenvalue weighted by Gasteiger charge is 1.68. The summed E-state index contributed by atoms with van der Waals surface area (Å²) in [6, 6.07) is 0. The van der Waals surface area contributed by atoms with E-state index in [-0.39, 0.29) is 14.0 Å². The number of aliphatic hydroxyl groups excluding tert-OH is 1. The molecular formula is C7H16O. The fraction of sp³-hybridized carbons (Fsp3) is 0.714. The maximum atomic E-state index is 8.24. The molecule has 0 bridgehead atoms. The van der Waals surface area contributed by atoms with Crippen LogP contribution in [0.4, 0.5) is 0 Å². The Morgan fingerprint density at radius 1 is 1.38 bits per heavy atom. The summed E-state index contributed by atoms with van der Waals surface area (Å²) in [4.78, 5) is 0. The highest BCUT2D eigenvalue weighted by molar-refractivity contribution is 4.79. The van der Waals surface area contributed by atoms with E-state index in [0.29, 0.717) is 0 Å². The molecule has 0 aromatic heterocycles. The number of hydrogen-bond donors (Lipinski definition) is 1. The lowest BCUT2D eigenvalue weighted by Crippen LogP contribution is -1.73. The topological polar surface area (TPSA) is 20.2 Å². The van der Waals surface area contributed by atoms with Crippen molar-refractivity contribution >= 4 is 0 Å². The van der Waals surface area contributed by atoms with E-state index in [0.717, 1.165) is 12.8 Å². The predicted octanol–water partition coefficient (Wildman–Crippen LogP) is 1.97. The number of aliphatic hydroxyl groups is 1. The summed E-state index contributed by atoms with van der Waals surface area (Å²) in [6.45, 7) is 2.35. The van der Waals surface area contributed by atoms with Crippen LogP contribution in [0.1, 0.15) is 27.2 Å². The van der Waals surface area contributed by atoms with Crippen molar-refractivity contribution in [3.05, 3.63) is 12.2 Å². The molecule has 0 spiro atoms. The minimum Gasteiger partial charge on any atom is -0.396 e. The Balaban J connectivity index is 0. The van der Waals surface area contributed by atoms with Crippen molar-refractivity contribution in [2.75, 3.05) is 6.61 Å². The van der Waals surface area contributed by atoms with Crippen LogP contribution in [-0.4, -0.2) is 11.7 Å². The molecule has 0 aliphatic carbocycles. The zero-order chi connectivity index (χ0) is 5.54. The molecule has 1 nitrogen and oxygen atoms in total. The van der Waals surface area contributed by atoms with E-state index in [1.807, 2.05) is 6.08 Å². The van der Waals surface area contributed by atoms with E-state index < -0.39 is 0 Å². The van der Waals surface area contributed by atoms with E-state index in [9.17, 15) is 0 Å². The van der Waals surface area contributed by atoms with E-state index >= 15 is 0 Å². The van der Waals surface area contributed by atoms with Crippen LogP contribution >= 0.6 is 0 Å². The van der Waals surface area contributed by atoms with Crippen molar-refractivity contribution in [2.45, 2.75) is 27.2 Å². The first-order valence-electron chi connectivity index (χ1n) is 2.67. The highest BCUT2D eigenvalue weighted by atomic mass is 16.2. The van der Waals surface area contributed by atoms with Crippen molar-refractivity contribution in [3.8, 4) is 0 Å². The second-order valence-corrected chi connectivity index (χ2v) is 1.39. The van der Waals surface area contributed by atoms with Crippen molar-refractivity contribution in [1.29, 1.82) is 0 Å². The summed E-state index contributed by atoms with van der Waals surface area (Å²) in [6.07, 6.45) is 5.91. The third-order valence-corrected chi connectivity index (χ3v) is 0.698. The first kappa shape index (κ1) is 10.6. The smallest absolute Gasteiger partial charge is 0.0465 e. The molecule has 0 saturated heterocycles. The van der Waals surface area contributed by atoms with Crippen LogP contribution in [0.15, 0.2) is 12.2 Å². The van der Waals surface area contributed by atoms with Gasteiger partial charge in [0.05, 0.1) is 0 Å². The molecule has 0 saturated carbocycles. The van der Waals surface area contributed by atoms with Crippen LogP contribution in [0.2, 0.25) is 0 Å². The van der Waals surface area contributed by atoms with Gasteiger partial charge in [-0.1, -0.05) is 26.5 Å². The van der Waals surface area contributed by atoms with Crippen molar-refractivity contribution in [3.63, 3.8) is 0 Å². The fourth-order valence-corrected chi connectivity index (χ4v) is 0.359. The lowest BCUT2D eigenvalue weighted by molar-refractivity contribution is 0.302. The van der Waals surface area contributed by atoms with Crippen LogP contribution in [-0.2, 0) is 0 Å². The third kappa shape index (κ3) is 9.20. The highest BCUT2D eigenvalue weighted by Crippen LogP contribution is 1.82. The maximum Gasteiger partial charge on any atom is 0.0465 e. The van der Waals surface area contributed by atoms with E-state index in [2.05, 4.69) is 13.0 Å². The molecule has 0 fully saturated rings. The van der Waals surface area contributed by atoms with Gasteiger partial charge in [0.25, 0.3) is 0 Å². The van der Waals surface area contributed by atoms with Gasteiger partial charge in [0, 0.05) is 6.61 Å². The Labute approximate surface area is 52.0 Å². The zero-order valence-electron chi connectivity index (χ0n) is 4.72. The van der Waals surface area contributed by atoms with Crippen LogP contribution in [0.25, 0.3) is 0 Å². The van der Waals surface area contributed by atoms with Gasteiger partial charge in [0.1, 0.15) is 0 Å². The van der Waals surface area contributed by atoms with Crippen molar-refractivity contribution in [2.24, 2.45) is 0 Å². The van der Waals surface area contributed by atoms with Gasteiger partial charge in [-0.05, 0) is 12.8 Å². The standard InChI is InChI=1S/C6H12O.CH4/c1-2-3-4-5-6-7;/h3-4,7H,2,5-6H2,1H3;1H4/b4-3-;. The molecule has 1 N–H and O–H groups in total. The Hall–Kier alpha value is -0.300. The average molecular weight is 116 g/mol. The molecule has 0 radical (unpaired) electrons. The average Bonchev–Trinajstić information content (AvgIpc) is 1.69. The third-order valence-electron chi connectivity index (χ3n) is 0.698. The fourth-order valence-electron chi connectivity index (χ4n) is 0.359. The van der Waals surface area contributed by atoms with Gasteiger partial charge in [-0.25, -0.2) is 0 Å². The monoisotopic (exact) mass is 116 g/mol. The summed E-state index contributed by atoms with van der Waals surface area (Å²) in [5.74, 6) is 0. The summed E-state index contributed by atoms with van der Waals surface area (Å²) in [7, 11) is 0. The largest absolute Gasteiger partial charge is 0.396 e. The second kappa shape index (κ2) is 9.85. The van der Waals surface area contributed by atoms with E-state index in [1.54, 1.807) is 0 Å². The molecule has 50 valence electrons. The second-order valence-electron chi connectivity index (χ2n) is 1.39. The van der Waals surface area contributed by atoms with Gasteiger partial charge in [-0.2, -0.15) is 0 Å². The molecule has 0 rings (SSSR count). The molecule has 0 aliphatic heterocycles. The Morgan fingerprint density at radius 2 is 2.00 bits per heavy atom. The van der Waals surface area contributed by atoms with Crippen LogP contribution in [0.5, 0.6) is 0 Å². The Kier molecular flexibility index (Phi) is 13.1. The van der Waals surface area contributed by atoms with E-state index in [1.165, 1.54) is 0 Å². The van der Waals surface area contributed by atoms with Gasteiger partial charge in [0.15, 0.2) is 0 Å². The zero-order valence-corrected chi connectivity index (χ0v) is 4.72. The summed E-state index contributed by atoms with van der Waals surface area (Å²) in [5, 5.41) is 8.24. The van der Waals surface area contributed by atoms with Gasteiger partial charge in [-0.15, -0.1) is 0 Å². The van der Waals surface area contributed by atoms with Gasteiger partial charge in [0.2, 0.25) is 0 Å². The van der Waals surface area contributed by atoms with Gasteiger partial charge in [-0.3, -0.25) is 0 Å². The molecule has 0 amide bonds.